The number of hydrogen-bond acceptors (Lipinski definition) is 5. The lowest BCUT2D eigenvalue weighted by molar-refractivity contribution is -0.173. The van der Waals surface area contributed by atoms with Crippen molar-refractivity contribution >= 4 is 29.2 Å². The molecule has 10 heteroatoms. The van der Waals surface area contributed by atoms with Crippen LogP contribution in [-0.2, 0) is 24.0 Å². The minimum atomic E-state index is -5.14. The van der Waals surface area contributed by atoms with Crippen LogP contribution < -0.4 is 10.6 Å². The Kier molecular flexibility index (Phi) is 10.9. The van der Waals surface area contributed by atoms with Gasteiger partial charge in [0.15, 0.2) is 5.78 Å². The lowest BCUT2D eigenvalue weighted by atomic mass is 9.78. The van der Waals surface area contributed by atoms with Gasteiger partial charge in [0.2, 0.25) is 11.8 Å². The van der Waals surface area contributed by atoms with Crippen LogP contribution in [0.4, 0.5) is 13.2 Å². The lowest BCUT2D eigenvalue weighted by Crippen LogP contribution is -2.51. The van der Waals surface area contributed by atoms with Crippen molar-refractivity contribution in [3.8, 4) is 0 Å². The van der Waals surface area contributed by atoms with E-state index >= 15 is 0 Å². The number of carbonyl (C=O) groups is 5. The van der Waals surface area contributed by atoms with E-state index in [2.05, 4.69) is 5.32 Å². The van der Waals surface area contributed by atoms with Gasteiger partial charge in [-0.3, -0.25) is 24.0 Å². The number of carbonyl (C=O) groups excluding carboxylic acids is 5. The van der Waals surface area contributed by atoms with E-state index in [1.54, 1.807) is 41.5 Å². The van der Waals surface area contributed by atoms with Crippen LogP contribution in [0.5, 0.6) is 0 Å². The maximum Gasteiger partial charge on any atom is 0.452 e. The van der Waals surface area contributed by atoms with Crippen LogP contribution in [0.15, 0.2) is 0 Å². The van der Waals surface area contributed by atoms with E-state index in [4.69, 9.17) is 0 Å². The SMILES string of the molecule is CC(NC(=O)C(CC(=O)C(NC(=O)CC(C)(C)C)C(C)(C)C)CC(=O)C(C)(C)C)C(=O)C(F)(F)F. The highest BCUT2D eigenvalue weighted by Gasteiger charge is 2.43. The van der Waals surface area contributed by atoms with E-state index in [0.29, 0.717) is 0 Å². The summed E-state index contributed by atoms with van der Waals surface area (Å²) in [5.74, 6) is -5.71. The molecule has 7 nitrogen and oxygen atoms in total. The molecule has 0 radical (unpaired) electrons. The Hall–Kier alpha value is -2.26. The van der Waals surface area contributed by atoms with Gasteiger partial charge in [-0.05, 0) is 17.8 Å². The van der Waals surface area contributed by atoms with Crippen molar-refractivity contribution in [2.75, 3.05) is 0 Å². The van der Waals surface area contributed by atoms with Gasteiger partial charge >= 0.3 is 6.18 Å². The van der Waals surface area contributed by atoms with Crippen LogP contribution in [0.1, 0.15) is 88.5 Å². The Labute approximate surface area is 206 Å². The first kappa shape index (κ1) is 32.7. The van der Waals surface area contributed by atoms with Crippen LogP contribution in [0.2, 0.25) is 0 Å². The normalized spacial score (nSPS) is 15.6. The summed E-state index contributed by atoms with van der Waals surface area (Å²) in [6.45, 7) is 16.5. The van der Waals surface area contributed by atoms with E-state index in [0.717, 1.165) is 6.92 Å². The second-order valence-corrected chi connectivity index (χ2v) is 12.4. The minimum absolute atomic E-state index is 0.149. The summed E-state index contributed by atoms with van der Waals surface area (Å²) in [5, 5.41) is 4.71. The third-order valence-corrected chi connectivity index (χ3v) is 5.30. The molecule has 0 bridgehead atoms. The Bertz CT molecular complexity index is 815. The first-order valence-electron chi connectivity index (χ1n) is 11.6. The van der Waals surface area contributed by atoms with E-state index < -0.39 is 65.3 Å². The van der Waals surface area contributed by atoms with Gasteiger partial charge in [-0.25, -0.2) is 0 Å². The molecule has 0 aliphatic carbocycles. The van der Waals surface area contributed by atoms with Crippen molar-refractivity contribution in [1.29, 1.82) is 0 Å². The molecule has 0 saturated carbocycles. The minimum Gasteiger partial charge on any atom is -0.346 e. The summed E-state index contributed by atoms with van der Waals surface area (Å²) in [6.07, 6.45) is -5.89. The van der Waals surface area contributed by atoms with E-state index in [1.165, 1.54) is 0 Å². The molecule has 0 saturated heterocycles. The van der Waals surface area contributed by atoms with E-state index in [9.17, 15) is 37.1 Å². The van der Waals surface area contributed by atoms with Crippen molar-refractivity contribution in [3.63, 3.8) is 0 Å². The molecule has 3 unspecified atom stereocenters. The zero-order chi connectivity index (χ0) is 28.2. The number of ketones is 3. The third-order valence-electron chi connectivity index (χ3n) is 5.30. The molecule has 0 aromatic heterocycles. The molecule has 2 N–H and O–H groups in total. The maximum atomic E-state index is 13.3. The van der Waals surface area contributed by atoms with Gasteiger partial charge in [-0.1, -0.05) is 62.3 Å². The molecule has 35 heavy (non-hydrogen) atoms. The molecule has 0 heterocycles. The third kappa shape index (κ3) is 11.8. The fourth-order valence-electron chi connectivity index (χ4n) is 3.26. The quantitative estimate of drug-likeness (QED) is 0.462. The zero-order valence-corrected chi connectivity index (χ0v) is 22.5. The largest absolute Gasteiger partial charge is 0.452 e. The second-order valence-electron chi connectivity index (χ2n) is 12.4. The molecule has 2 amide bonds. The number of amides is 2. The summed E-state index contributed by atoms with van der Waals surface area (Å²) < 4.78 is 38.3. The number of rotatable bonds is 10. The zero-order valence-electron chi connectivity index (χ0n) is 22.5. The Morgan fingerprint density at radius 1 is 0.771 bits per heavy atom. The van der Waals surface area contributed by atoms with Gasteiger partial charge in [-0.2, -0.15) is 13.2 Å². The van der Waals surface area contributed by atoms with Crippen LogP contribution in [0.3, 0.4) is 0 Å². The average molecular weight is 507 g/mol. The molecular weight excluding hydrogens is 465 g/mol. The predicted molar refractivity (Wildman–Crippen MR) is 126 cm³/mol. The van der Waals surface area contributed by atoms with Gasteiger partial charge in [-0.15, -0.1) is 0 Å². The van der Waals surface area contributed by atoms with Gasteiger partial charge in [0, 0.05) is 24.7 Å². The molecule has 0 fully saturated rings. The molecular formula is C25H41F3N2O5. The van der Waals surface area contributed by atoms with Crippen molar-refractivity contribution < 1.29 is 37.1 Å². The molecule has 0 spiro atoms. The van der Waals surface area contributed by atoms with Crippen molar-refractivity contribution in [2.24, 2.45) is 22.2 Å². The first-order valence-corrected chi connectivity index (χ1v) is 11.6. The molecule has 202 valence electrons. The van der Waals surface area contributed by atoms with Gasteiger partial charge in [0.1, 0.15) is 5.78 Å². The Balaban J connectivity index is 5.90. The fraction of sp³-hybridized carbons (Fsp3) is 0.800. The monoisotopic (exact) mass is 506 g/mol. The van der Waals surface area contributed by atoms with Gasteiger partial charge in [0.25, 0.3) is 5.78 Å². The van der Waals surface area contributed by atoms with Crippen LogP contribution in [0, 0.1) is 22.2 Å². The van der Waals surface area contributed by atoms with Crippen LogP contribution >= 0.6 is 0 Å². The molecule has 0 aliphatic heterocycles. The summed E-state index contributed by atoms with van der Waals surface area (Å²) in [7, 11) is 0. The standard InChI is InChI=1S/C25H41F3N2O5/c1-14(20(34)25(26,27)28)29-21(35)15(12-17(32)23(5,6)7)11-16(31)19(24(8,9)10)30-18(33)13-22(2,3)4/h14-15,19H,11-13H2,1-10H3,(H,29,35)(H,30,33). The summed E-state index contributed by atoms with van der Waals surface area (Å²) >= 11 is 0. The van der Waals surface area contributed by atoms with Gasteiger partial charge in [0.05, 0.1) is 18.0 Å². The first-order chi connectivity index (χ1) is 15.4. The van der Waals surface area contributed by atoms with Crippen LogP contribution in [-0.4, -0.2) is 47.4 Å². The maximum absolute atomic E-state index is 13.3. The molecule has 3 atom stereocenters. The number of halogens is 3. The van der Waals surface area contributed by atoms with E-state index in [-0.39, 0.29) is 23.5 Å². The molecule has 0 aromatic rings. The number of nitrogens with one attached hydrogen (secondary N) is 2. The Morgan fingerprint density at radius 3 is 1.63 bits per heavy atom. The molecule has 0 aromatic carbocycles. The number of Topliss-reactive ketones (excluding diaryl/α,β-unsaturated/α-hetero) is 3. The second kappa shape index (κ2) is 11.6. The Morgan fingerprint density at radius 2 is 1.26 bits per heavy atom. The molecule has 0 rings (SSSR count). The molecule has 0 aliphatic rings. The summed E-state index contributed by atoms with van der Waals surface area (Å²) in [5.41, 5.74) is -1.93. The van der Waals surface area contributed by atoms with Crippen molar-refractivity contribution in [2.45, 2.75) is 107 Å². The lowest BCUT2D eigenvalue weighted by Gasteiger charge is -2.32. The van der Waals surface area contributed by atoms with Crippen LogP contribution in [0.25, 0.3) is 0 Å². The highest BCUT2D eigenvalue weighted by molar-refractivity contribution is 5.98. The topological polar surface area (TPSA) is 109 Å². The smallest absolute Gasteiger partial charge is 0.346 e. The highest BCUT2D eigenvalue weighted by atomic mass is 19.4. The summed E-state index contributed by atoms with van der Waals surface area (Å²) in [4.78, 5) is 62.7. The van der Waals surface area contributed by atoms with Gasteiger partial charge < -0.3 is 10.6 Å². The van der Waals surface area contributed by atoms with E-state index in [1.807, 2.05) is 26.1 Å². The number of alkyl halides is 3. The highest BCUT2D eigenvalue weighted by Crippen LogP contribution is 2.27. The predicted octanol–water partition coefficient (Wildman–Crippen LogP) is 4.17. The fourth-order valence-corrected chi connectivity index (χ4v) is 3.26. The summed E-state index contributed by atoms with van der Waals surface area (Å²) in [6, 6.07) is -2.87. The average Bonchev–Trinajstić information content (AvgIpc) is 2.60. The number of hydrogen-bond donors (Lipinski definition) is 2. The van der Waals surface area contributed by atoms with Crippen molar-refractivity contribution in [3.05, 3.63) is 0 Å². The van der Waals surface area contributed by atoms with Crippen molar-refractivity contribution in [1.82, 2.24) is 10.6 Å².